The molecule has 2 aliphatic heterocycles. The lowest BCUT2D eigenvalue weighted by atomic mass is 9.55. The summed E-state index contributed by atoms with van der Waals surface area (Å²) in [6, 6.07) is 2.74. The van der Waals surface area contributed by atoms with E-state index in [1.54, 1.807) is 5.57 Å². The van der Waals surface area contributed by atoms with E-state index in [0.29, 0.717) is 23.3 Å². The number of allylic oxidation sites excluding steroid dienone is 1. The molecule has 0 N–H and O–H groups in total. The summed E-state index contributed by atoms with van der Waals surface area (Å²) in [4.78, 5) is 6.66. The van der Waals surface area contributed by atoms with Gasteiger partial charge in [0.25, 0.3) is 0 Å². The third-order valence-corrected chi connectivity index (χ3v) is 10.8. The summed E-state index contributed by atoms with van der Waals surface area (Å²) >= 11 is 0. The van der Waals surface area contributed by atoms with E-state index >= 15 is 0 Å². The molecule has 1 aromatic rings. The smallest absolute Gasteiger partial charge is 0.0956 e. The van der Waals surface area contributed by atoms with Crippen molar-refractivity contribution in [3.05, 3.63) is 59.0 Å². The van der Waals surface area contributed by atoms with Crippen molar-refractivity contribution in [3.63, 3.8) is 0 Å². The fourth-order valence-electron chi connectivity index (χ4n) is 8.81. The highest BCUT2D eigenvalue weighted by molar-refractivity contribution is 5.53. The summed E-state index contributed by atoms with van der Waals surface area (Å²) in [6.45, 7) is 7.23. The Morgan fingerprint density at radius 3 is 2.85 bits per heavy atom. The van der Waals surface area contributed by atoms with Crippen LogP contribution in [0.4, 0.5) is 0 Å². The van der Waals surface area contributed by atoms with Crippen molar-refractivity contribution in [1.82, 2.24) is 9.88 Å². The first-order chi connectivity index (χ1) is 16.3. The van der Waals surface area contributed by atoms with E-state index in [1.807, 2.05) is 12.4 Å². The lowest BCUT2D eigenvalue weighted by molar-refractivity contribution is -0.149. The molecule has 6 rings (SSSR count). The van der Waals surface area contributed by atoms with Crippen LogP contribution in [0.3, 0.4) is 0 Å². The molecule has 0 amide bonds. The van der Waals surface area contributed by atoms with Crippen LogP contribution in [0.1, 0.15) is 76.3 Å². The van der Waals surface area contributed by atoms with E-state index in [2.05, 4.69) is 75.1 Å². The van der Waals surface area contributed by atoms with Crippen LogP contribution >= 0.6 is 0 Å². The second kappa shape index (κ2) is 7.90. The predicted molar refractivity (Wildman–Crippen MR) is 139 cm³/mol. The Balaban J connectivity index is 1.29. The molecule has 7 atom stereocenters. The predicted octanol–water partition coefficient (Wildman–Crippen LogP) is 6.74. The lowest BCUT2D eigenvalue weighted by Crippen LogP contribution is -2.55. The van der Waals surface area contributed by atoms with Gasteiger partial charge in [-0.15, -0.1) is 0 Å². The Kier molecular flexibility index (Phi) is 5.28. The van der Waals surface area contributed by atoms with Crippen LogP contribution in [-0.4, -0.2) is 41.2 Å². The van der Waals surface area contributed by atoms with Crippen LogP contribution in [0, 0.1) is 30.1 Å². The molecule has 2 spiro atoms. The first-order valence-corrected chi connectivity index (χ1v) is 13.6. The molecule has 1 aromatic heterocycles. The van der Waals surface area contributed by atoms with Gasteiger partial charge in [0.05, 0.1) is 11.2 Å². The topological polar surface area (TPSA) is 25.4 Å². The molecule has 5 aliphatic rings. The molecule has 3 fully saturated rings. The van der Waals surface area contributed by atoms with Crippen molar-refractivity contribution in [3.8, 4) is 0 Å². The van der Waals surface area contributed by atoms with E-state index in [-0.39, 0.29) is 11.2 Å². The van der Waals surface area contributed by atoms with Crippen LogP contribution in [0.25, 0.3) is 6.08 Å². The molecule has 0 aromatic carbocycles. The second-order valence-corrected chi connectivity index (χ2v) is 12.6. The monoisotopic (exact) mass is 458 g/mol. The van der Waals surface area contributed by atoms with Crippen LogP contribution in [-0.2, 0) is 4.74 Å². The minimum absolute atomic E-state index is 0.00157. The van der Waals surface area contributed by atoms with Crippen LogP contribution < -0.4 is 0 Å². The standard InChI is InChI=1S/C31H42N2O/c1-21(6-7-23-13-17-32-20-22(23)2)27-10-11-28-29(27,3)14-12-25-18-24-8-9-26(33(4)5)19-30(24)15-16-31(25,28)34-30/h6-8,13,17-18,20-21,26-28H,9-12,14-16,19H2,1-5H3. The van der Waals surface area contributed by atoms with E-state index in [4.69, 9.17) is 4.74 Å². The molecular weight excluding hydrogens is 416 g/mol. The zero-order chi connectivity index (χ0) is 23.7. The van der Waals surface area contributed by atoms with Crippen molar-refractivity contribution < 1.29 is 4.74 Å². The zero-order valence-corrected chi connectivity index (χ0v) is 21.8. The molecule has 3 aliphatic carbocycles. The second-order valence-electron chi connectivity index (χ2n) is 12.6. The highest BCUT2D eigenvalue weighted by Gasteiger charge is 2.67. The van der Waals surface area contributed by atoms with Crippen LogP contribution in [0.15, 0.2) is 47.8 Å². The molecular formula is C31H42N2O. The quantitative estimate of drug-likeness (QED) is 0.499. The van der Waals surface area contributed by atoms with E-state index in [9.17, 15) is 0 Å². The molecule has 3 heterocycles. The van der Waals surface area contributed by atoms with Gasteiger partial charge in [0.15, 0.2) is 0 Å². The van der Waals surface area contributed by atoms with Gasteiger partial charge < -0.3 is 9.64 Å². The van der Waals surface area contributed by atoms with Crippen molar-refractivity contribution in [1.29, 1.82) is 0 Å². The molecule has 1 saturated heterocycles. The molecule has 3 nitrogen and oxygen atoms in total. The third-order valence-electron chi connectivity index (χ3n) is 10.8. The number of aryl methyl sites for hydroxylation is 1. The van der Waals surface area contributed by atoms with Gasteiger partial charge in [-0.25, -0.2) is 0 Å². The Morgan fingerprint density at radius 1 is 1.21 bits per heavy atom. The fraction of sp³-hybridized carbons (Fsp3) is 0.645. The normalized spacial score (nSPS) is 41.6. The van der Waals surface area contributed by atoms with Gasteiger partial charge in [0.2, 0.25) is 0 Å². The number of hydrogen-bond donors (Lipinski definition) is 0. The molecule has 2 saturated carbocycles. The fourth-order valence-corrected chi connectivity index (χ4v) is 8.81. The summed E-state index contributed by atoms with van der Waals surface area (Å²) in [5.41, 5.74) is 6.03. The maximum atomic E-state index is 7.42. The number of fused-ring (bicyclic) bond motifs is 1. The summed E-state index contributed by atoms with van der Waals surface area (Å²) in [6.07, 6.45) is 23.7. The average molecular weight is 459 g/mol. The third kappa shape index (κ3) is 3.19. The van der Waals surface area contributed by atoms with Gasteiger partial charge in [-0.05, 0) is 124 Å². The number of hydrogen-bond acceptors (Lipinski definition) is 3. The average Bonchev–Trinajstić information content (AvgIpc) is 3.33. The highest BCUT2D eigenvalue weighted by Crippen LogP contribution is 2.69. The van der Waals surface area contributed by atoms with Crippen molar-refractivity contribution >= 4 is 6.08 Å². The Hall–Kier alpha value is -1.71. The molecule has 0 radical (unpaired) electrons. The summed E-state index contributed by atoms with van der Waals surface area (Å²) in [5.74, 6) is 1.96. The maximum absolute atomic E-state index is 7.42. The van der Waals surface area contributed by atoms with Crippen LogP contribution in [0.2, 0.25) is 0 Å². The van der Waals surface area contributed by atoms with Crippen molar-refractivity contribution in [2.24, 2.45) is 23.2 Å². The van der Waals surface area contributed by atoms with Gasteiger partial charge in [-0.2, -0.15) is 0 Å². The van der Waals surface area contributed by atoms with E-state index < -0.39 is 0 Å². The number of ether oxygens (including phenoxy) is 1. The number of nitrogens with zero attached hydrogens (tertiary/aromatic N) is 2. The number of rotatable bonds is 4. The molecule has 34 heavy (non-hydrogen) atoms. The Bertz CT molecular complexity index is 1070. The van der Waals surface area contributed by atoms with Crippen molar-refractivity contribution in [2.45, 2.75) is 89.4 Å². The Labute approximate surface area is 206 Å². The van der Waals surface area contributed by atoms with E-state index in [1.165, 1.54) is 55.2 Å². The summed E-state index contributed by atoms with van der Waals surface area (Å²) in [5, 5.41) is 0. The minimum Gasteiger partial charge on any atom is -0.359 e. The summed E-state index contributed by atoms with van der Waals surface area (Å²) in [7, 11) is 4.47. The minimum atomic E-state index is -0.0303. The molecule has 3 heteroatoms. The number of aromatic nitrogens is 1. The molecule has 182 valence electrons. The van der Waals surface area contributed by atoms with Gasteiger partial charge in [-0.1, -0.05) is 38.2 Å². The molecule has 7 unspecified atom stereocenters. The van der Waals surface area contributed by atoms with Gasteiger partial charge >= 0.3 is 0 Å². The van der Waals surface area contributed by atoms with Gasteiger partial charge in [0, 0.05) is 18.4 Å². The van der Waals surface area contributed by atoms with Gasteiger partial charge in [0.1, 0.15) is 0 Å². The zero-order valence-electron chi connectivity index (χ0n) is 21.8. The maximum Gasteiger partial charge on any atom is 0.0956 e. The van der Waals surface area contributed by atoms with Crippen LogP contribution in [0.5, 0.6) is 0 Å². The SMILES string of the molecule is Cc1cnccc1C=CC(C)C1CCC2C34CCC5(CC(N(C)C)CC=C5C=C3CCC12C)O4. The summed E-state index contributed by atoms with van der Waals surface area (Å²) < 4.78 is 7.42. The first kappa shape index (κ1) is 22.7. The Morgan fingerprint density at radius 2 is 2.06 bits per heavy atom. The largest absolute Gasteiger partial charge is 0.359 e. The van der Waals surface area contributed by atoms with Crippen molar-refractivity contribution in [2.75, 3.05) is 14.1 Å². The van der Waals surface area contributed by atoms with E-state index in [0.717, 1.165) is 18.8 Å². The number of pyridine rings is 1. The molecule has 2 bridgehead atoms. The van der Waals surface area contributed by atoms with Gasteiger partial charge in [-0.3, -0.25) is 4.98 Å². The lowest BCUT2D eigenvalue weighted by Gasteiger charge is -2.56. The highest BCUT2D eigenvalue weighted by atomic mass is 16.5. The first-order valence-electron chi connectivity index (χ1n) is 13.6.